The number of sulfone groups is 2. The molecule has 6 nitrogen and oxygen atoms in total. The van der Waals surface area contributed by atoms with Crippen LogP contribution in [0.1, 0.15) is 47.2 Å². The Bertz CT molecular complexity index is 1770. The summed E-state index contributed by atoms with van der Waals surface area (Å²) < 4.78 is 54.2. The van der Waals surface area contributed by atoms with Gasteiger partial charge in [-0.15, -0.1) is 0 Å². The molecule has 1 heterocycles. The molecule has 0 bridgehead atoms. The number of benzene rings is 4. The van der Waals surface area contributed by atoms with Crippen LogP contribution in [0.15, 0.2) is 107 Å². The van der Waals surface area contributed by atoms with Crippen molar-refractivity contribution in [3.63, 3.8) is 0 Å². The number of ketones is 1. The number of Topliss-reactive ketones (excluding diaryl/α,β-unsaturated/α-hetero) is 1. The number of piperidine rings is 1. The molecule has 0 radical (unpaired) electrons. The molecule has 45 heavy (non-hydrogen) atoms. The van der Waals surface area contributed by atoms with Gasteiger partial charge in [-0.05, 0) is 70.5 Å². The maximum Gasteiger partial charge on any atom is 0.189 e. The topological polar surface area (TPSA) is 97.4 Å². The van der Waals surface area contributed by atoms with Gasteiger partial charge in [-0.2, -0.15) is 0 Å². The van der Waals surface area contributed by atoms with Crippen molar-refractivity contribution in [1.29, 1.82) is 0 Å². The van der Waals surface area contributed by atoms with Crippen LogP contribution in [0.5, 0.6) is 0 Å². The summed E-state index contributed by atoms with van der Waals surface area (Å²) in [5, 5.41) is -0.136. The highest BCUT2D eigenvalue weighted by Gasteiger charge is 2.46. The Kier molecular flexibility index (Phi) is 9.97. The van der Waals surface area contributed by atoms with Crippen molar-refractivity contribution in [3.05, 3.63) is 130 Å². The monoisotopic (exact) mass is 639 g/mol. The molecule has 5 rings (SSSR count). The van der Waals surface area contributed by atoms with Gasteiger partial charge in [0.05, 0.1) is 9.79 Å². The SMILES string of the molecule is CCc1ccc(/C=C\c2ccc(S(=O)(=O)C3CNCC(S(=O)(=O)c4ccc(/C=C\c5ccc(CC)cc5)cc4)C3=O)cc2)cc1. The van der Waals surface area contributed by atoms with Crippen molar-refractivity contribution < 1.29 is 21.6 Å². The normalized spacial score (nSPS) is 17.7. The molecule has 0 aliphatic carbocycles. The van der Waals surface area contributed by atoms with Crippen LogP contribution in [0.2, 0.25) is 0 Å². The number of carbonyl (C=O) groups excluding carboxylic acids is 1. The van der Waals surface area contributed by atoms with Gasteiger partial charge < -0.3 is 5.32 Å². The van der Waals surface area contributed by atoms with Crippen LogP contribution in [-0.2, 0) is 37.3 Å². The molecule has 0 aromatic heterocycles. The maximum atomic E-state index is 13.5. The lowest BCUT2D eigenvalue weighted by Gasteiger charge is -2.28. The van der Waals surface area contributed by atoms with Crippen molar-refractivity contribution in [1.82, 2.24) is 5.32 Å². The highest BCUT2D eigenvalue weighted by Crippen LogP contribution is 2.26. The lowest BCUT2D eigenvalue weighted by Crippen LogP contribution is -2.56. The number of hydrogen-bond donors (Lipinski definition) is 1. The van der Waals surface area contributed by atoms with Crippen molar-refractivity contribution in [2.24, 2.45) is 0 Å². The summed E-state index contributed by atoms with van der Waals surface area (Å²) in [5.41, 5.74) is 6.15. The van der Waals surface area contributed by atoms with Crippen LogP contribution >= 0.6 is 0 Å². The summed E-state index contributed by atoms with van der Waals surface area (Å²) in [7, 11) is -8.27. The van der Waals surface area contributed by atoms with Crippen LogP contribution in [0.25, 0.3) is 24.3 Å². The average molecular weight is 640 g/mol. The van der Waals surface area contributed by atoms with Crippen LogP contribution in [0, 0.1) is 0 Å². The Morgan fingerprint density at radius 3 is 1.11 bits per heavy atom. The van der Waals surface area contributed by atoms with E-state index >= 15 is 0 Å². The van der Waals surface area contributed by atoms with Gasteiger partial charge in [0, 0.05) is 13.1 Å². The maximum absolute atomic E-state index is 13.5. The lowest BCUT2D eigenvalue weighted by atomic mass is 10.1. The molecule has 0 amide bonds. The minimum absolute atomic E-state index is 0.0226. The summed E-state index contributed by atoms with van der Waals surface area (Å²) in [6, 6.07) is 28.9. The summed E-state index contributed by atoms with van der Waals surface area (Å²) in [6.45, 7) is 3.90. The smallest absolute Gasteiger partial charge is 0.189 e. The van der Waals surface area contributed by atoms with Gasteiger partial charge in [0.1, 0.15) is 10.5 Å². The van der Waals surface area contributed by atoms with Crippen LogP contribution in [0.4, 0.5) is 0 Å². The zero-order valence-electron chi connectivity index (χ0n) is 25.4. The third-order valence-corrected chi connectivity index (χ3v) is 12.3. The Labute approximate surface area is 266 Å². The van der Waals surface area contributed by atoms with Gasteiger partial charge in [-0.3, -0.25) is 4.79 Å². The second kappa shape index (κ2) is 13.9. The Hall–Kier alpha value is -4.11. The molecule has 1 aliphatic rings. The summed E-state index contributed by atoms with van der Waals surface area (Å²) in [6.07, 6.45) is 9.59. The first kappa shape index (κ1) is 32.3. The van der Waals surface area contributed by atoms with Crippen molar-refractivity contribution in [3.8, 4) is 0 Å². The molecule has 1 N–H and O–H groups in total. The molecule has 4 aromatic rings. The Morgan fingerprint density at radius 1 is 0.533 bits per heavy atom. The highest BCUT2D eigenvalue weighted by molar-refractivity contribution is 7.94. The van der Waals surface area contributed by atoms with Gasteiger partial charge in [0.2, 0.25) is 0 Å². The zero-order chi connectivity index (χ0) is 32.0. The van der Waals surface area contributed by atoms with E-state index in [1.165, 1.54) is 35.4 Å². The largest absolute Gasteiger partial charge is 0.313 e. The van der Waals surface area contributed by atoms with Gasteiger partial charge in [0.25, 0.3) is 0 Å². The standard InChI is InChI=1S/C37H37NO5S2/c1-3-27-5-9-29(10-6-27)13-15-31-17-21-33(22-18-31)44(40,41)35-25-38-26-36(37(35)39)45(42,43)34-23-19-32(20-24-34)16-14-30-11-7-28(4-2)8-12-30/h5-24,35-36,38H,3-4,25-26H2,1-2H3/b15-13-,16-14-. The number of nitrogens with one attached hydrogen (secondary N) is 1. The fourth-order valence-corrected chi connectivity index (χ4v) is 8.65. The molecule has 1 fully saturated rings. The first-order valence-electron chi connectivity index (χ1n) is 15.1. The zero-order valence-corrected chi connectivity index (χ0v) is 27.0. The second-order valence-corrected chi connectivity index (χ2v) is 15.4. The predicted octanol–water partition coefficient (Wildman–Crippen LogP) is 6.31. The molecule has 232 valence electrons. The van der Waals surface area contributed by atoms with E-state index in [9.17, 15) is 21.6 Å². The quantitative estimate of drug-likeness (QED) is 0.204. The van der Waals surface area contributed by atoms with E-state index in [-0.39, 0.29) is 22.9 Å². The summed E-state index contributed by atoms with van der Waals surface area (Å²) in [4.78, 5) is 13.4. The summed E-state index contributed by atoms with van der Waals surface area (Å²) >= 11 is 0. The molecule has 0 saturated carbocycles. The van der Waals surface area contributed by atoms with E-state index in [0.717, 1.165) is 35.1 Å². The molecule has 4 aromatic carbocycles. The van der Waals surface area contributed by atoms with Crippen molar-refractivity contribution in [2.45, 2.75) is 47.0 Å². The highest BCUT2D eigenvalue weighted by atomic mass is 32.2. The number of aryl methyl sites for hydroxylation is 2. The van der Waals surface area contributed by atoms with E-state index in [2.05, 4.69) is 43.4 Å². The summed E-state index contributed by atoms with van der Waals surface area (Å²) in [5.74, 6) is -0.812. The third kappa shape index (κ3) is 7.41. The minimum Gasteiger partial charge on any atom is -0.313 e. The van der Waals surface area contributed by atoms with Crippen molar-refractivity contribution >= 4 is 49.8 Å². The fraction of sp³-hybridized carbons (Fsp3) is 0.216. The minimum atomic E-state index is -4.13. The third-order valence-electron chi connectivity index (χ3n) is 8.17. The second-order valence-electron chi connectivity index (χ2n) is 11.1. The first-order valence-corrected chi connectivity index (χ1v) is 18.2. The molecule has 2 unspecified atom stereocenters. The van der Waals surface area contributed by atoms with E-state index in [1.54, 1.807) is 24.3 Å². The van der Waals surface area contributed by atoms with Gasteiger partial charge in [-0.1, -0.05) is 111 Å². The van der Waals surface area contributed by atoms with Crippen LogP contribution < -0.4 is 5.32 Å². The molecule has 1 aliphatic heterocycles. The van der Waals surface area contributed by atoms with Gasteiger partial charge in [0.15, 0.2) is 25.5 Å². The molecule has 1 saturated heterocycles. The fourth-order valence-electron chi connectivity index (χ4n) is 5.26. The lowest BCUT2D eigenvalue weighted by molar-refractivity contribution is -0.119. The molecular weight excluding hydrogens is 603 g/mol. The van der Waals surface area contributed by atoms with Crippen molar-refractivity contribution in [2.75, 3.05) is 13.1 Å². The molecular formula is C37H37NO5S2. The molecule has 8 heteroatoms. The van der Waals surface area contributed by atoms with E-state index in [0.29, 0.717) is 0 Å². The van der Waals surface area contributed by atoms with E-state index in [4.69, 9.17) is 0 Å². The first-order chi connectivity index (χ1) is 21.6. The molecule has 2 atom stereocenters. The Morgan fingerprint density at radius 2 is 0.822 bits per heavy atom. The number of hydrogen-bond acceptors (Lipinski definition) is 6. The predicted molar refractivity (Wildman–Crippen MR) is 182 cm³/mol. The Balaban J connectivity index is 1.28. The van der Waals surface area contributed by atoms with E-state index in [1.807, 2.05) is 48.6 Å². The van der Waals surface area contributed by atoms with Crippen LogP contribution in [-0.4, -0.2) is 46.2 Å². The van der Waals surface area contributed by atoms with Gasteiger partial charge in [-0.25, -0.2) is 16.8 Å². The molecule has 0 spiro atoms. The number of carbonyl (C=O) groups is 1. The van der Waals surface area contributed by atoms with Crippen LogP contribution in [0.3, 0.4) is 0 Å². The van der Waals surface area contributed by atoms with E-state index < -0.39 is 36.0 Å². The number of rotatable bonds is 10. The average Bonchev–Trinajstić information content (AvgIpc) is 3.07. The van der Waals surface area contributed by atoms with Gasteiger partial charge >= 0.3 is 0 Å².